The standard InChI is InChI=1S/C13H13F3O3/c1-7-5-10(19-3)8(2)4-9(7)12(18)13(15,16)11(14)6-17/h4-6,11H,1-3H3. The van der Waals surface area contributed by atoms with Gasteiger partial charge in [0.15, 0.2) is 6.29 Å². The van der Waals surface area contributed by atoms with E-state index in [4.69, 9.17) is 4.74 Å². The lowest BCUT2D eigenvalue weighted by molar-refractivity contribution is -0.122. The molecule has 6 heteroatoms. The Labute approximate surface area is 108 Å². The lowest BCUT2D eigenvalue weighted by Crippen LogP contribution is -2.40. The molecule has 0 fully saturated rings. The van der Waals surface area contributed by atoms with Crippen molar-refractivity contribution in [3.63, 3.8) is 0 Å². The molecule has 1 rings (SSSR count). The number of alkyl halides is 3. The van der Waals surface area contributed by atoms with Crippen LogP contribution in [0.15, 0.2) is 12.1 Å². The van der Waals surface area contributed by atoms with Crippen LogP contribution in [0.25, 0.3) is 0 Å². The summed E-state index contributed by atoms with van der Waals surface area (Å²) in [6.45, 7) is 3.00. The smallest absolute Gasteiger partial charge is 0.346 e. The number of carbonyl (C=O) groups excluding carboxylic acids is 2. The lowest BCUT2D eigenvalue weighted by atomic mass is 9.96. The van der Waals surface area contributed by atoms with E-state index in [1.165, 1.54) is 26.2 Å². The van der Waals surface area contributed by atoms with Crippen LogP contribution in [0.5, 0.6) is 5.75 Å². The Hall–Kier alpha value is -1.85. The third kappa shape index (κ3) is 2.77. The molecule has 1 aromatic carbocycles. The van der Waals surface area contributed by atoms with E-state index < -0.39 is 24.2 Å². The first-order chi connectivity index (χ1) is 8.75. The summed E-state index contributed by atoms with van der Waals surface area (Å²) in [6, 6.07) is 2.61. The Kier molecular flexibility index (Phi) is 4.34. The van der Waals surface area contributed by atoms with E-state index in [-0.39, 0.29) is 11.1 Å². The van der Waals surface area contributed by atoms with Crippen molar-refractivity contribution < 1.29 is 27.5 Å². The second kappa shape index (κ2) is 5.42. The second-order valence-electron chi connectivity index (χ2n) is 4.13. The molecule has 0 heterocycles. The maximum atomic E-state index is 13.4. The Morgan fingerprint density at radius 2 is 1.89 bits per heavy atom. The van der Waals surface area contributed by atoms with Crippen LogP contribution in [-0.2, 0) is 4.79 Å². The van der Waals surface area contributed by atoms with E-state index in [0.717, 1.165) is 0 Å². The van der Waals surface area contributed by atoms with E-state index in [1.54, 1.807) is 6.92 Å². The summed E-state index contributed by atoms with van der Waals surface area (Å²) in [4.78, 5) is 21.8. The van der Waals surface area contributed by atoms with Gasteiger partial charge in [-0.3, -0.25) is 9.59 Å². The number of hydrogen-bond donors (Lipinski definition) is 0. The zero-order chi connectivity index (χ0) is 14.8. The Balaban J connectivity index is 3.28. The van der Waals surface area contributed by atoms with E-state index in [1.807, 2.05) is 0 Å². The number of aldehydes is 1. The number of benzene rings is 1. The highest BCUT2D eigenvalue weighted by atomic mass is 19.3. The van der Waals surface area contributed by atoms with Gasteiger partial charge in [-0.1, -0.05) is 0 Å². The van der Waals surface area contributed by atoms with Gasteiger partial charge in [0, 0.05) is 5.56 Å². The summed E-state index contributed by atoms with van der Waals surface area (Å²) in [5.41, 5.74) is 0.367. The van der Waals surface area contributed by atoms with Gasteiger partial charge in [-0.15, -0.1) is 0 Å². The molecular formula is C13H13F3O3. The molecule has 1 unspecified atom stereocenters. The van der Waals surface area contributed by atoms with Crippen LogP contribution >= 0.6 is 0 Å². The number of rotatable bonds is 5. The predicted molar refractivity (Wildman–Crippen MR) is 62.7 cm³/mol. The molecule has 19 heavy (non-hydrogen) atoms. The van der Waals surface area contributed by atoms with Crippen molar-refractivity contribution in [1.82, 2.24) is 0 Å². The number of ether oxygens (including phenoxy) is 1. The lowest BCUT2D eigenvalue weighted by Gasteiger charge is -2.17. The van der Waals surface area contributed by atoms with Gasteiger partial charge in [0.1, 0.15) is 5.75 Å². The summed E-state index contributed by atoms with van der Waals surface area (Å²) in [5, 5.41) is 0. The molecule has 0 aliphatic carbocycles. The molecule has 104 valence electrons. The second-order valence-corrected chi connectivity index (χ2v) is 4.13. The SMILES string of the molecule is COc1cc(C)c(C(=O)C(F)(F)C(F)C=O)cc1C. The van der Waals surface area contributed by atoms with Gasteiger partial charge >= 0.3 is 5.92 Å². The van der Waals surface area contributed by atoms with Crippen LogP contribution in [0.2, 0.25) is 0 Å². The highest BCUT2D eigenvalue weighted by molar-refractivity contribution is 6.04. The number of Topliss-reactive ketones (excluding diaryl/α,β-unsaturated/α-hetero) is 1. The van der Waals surface area contributed by atoms with E-state index in [2.05, 4.69) is 0 Å². The van der Waals surface area contributed by atoms with E-state index in [0.29, 0.717) is 11.3 Å². The first-order valence-electron chi connectivity index (χ1n) is 5.43. The summed E-state index contributed by atoms with van der Waals surface area (Å²) in [7, 11) is 1.40. The average Bonchev–Trinajstić information content (AvgIpc) is 2.38. The number of carbonyl (C=O) groups is 2. The number of methoxy groups -OCH3 is 1. The van der Waals surface area contributed by atoms with Crippen molar-refractivity contribution in [3.8, 4) is 5.75 Å². The quantitative estimate of drug-likeness (QED) is 0.612. The van der Waals surface area contributed by atoms with Gasteiger partial charge in [0.2, 0.25) is 12.0 Å². The first-order valence-corrected chi connectivity index (χ1v) is 5.43. The highest BCUT2D eigenvalue weighted by Gasteiger charge is 2.48. The Bertz CT molecular complexity index is 512. The van der Waals surface area contributed by atoms with Crippen LogP contribution in [0.1, 0.15) is 21.5 Å². The average molecular weight is 274 g/mol. The summed E-state index contributed by atoms with van der Waals surface area (Å²) in [5.74, 6) is -5.65. The predicted octanol–water partition coefficient (Wildman–Crippen LogP) is 2.67. The third-order valence-electron chi connectivity index (χ3n) is 2.76. The Morgan fingerprint density at radius 3 is 2.37 bits per heavy atom. The minimum absolute atomic E-state index is 0.227. The number of aryl methyl sites for hydroxylation is 2. The molecule has 0 saturated heterocycles. The van der Waals surface area contributed by atoms with Crippen molar-refractivity contribution in [2.75, 3.05) is 7.11 Å². The van der Waals surface area contributed by atoms with E-state index >= 15 is 0 Å². The van der Waals surface area contributed by atoms with Gasteiger partial charge in [0.05, 0.1) is 7.11 Å². The molecule has 1 atom stereocenters. The molecule has 1 aromatic rings. The summed E-state index contributed by atoms with van der Waals surface area (Å²) >= 11 is 0. The fraction of sp³-hybridized carbons (Fsp3) is 0.385. The summed E-state index contributed by atoms with van der Waals surface area (Å²) < 4.78 is 44.7. The zero-order valence-corrected chi connectivity index (χ0v) is 10.7. The molecule has 0 N–H and O–H groups in total. The van der Waals surface area contributed by atoms with Crippen LogP contribution in [0.4, 0.5) is 13.2 Å². The largest absolute Gasteiger partial charge is 0.496 e. The highest BCUT2D eigenvalue weighted by Crippen LogP contribution is 2.30. The van der Waals surface area contributed by atoms with Crippen molar-refractivity contribution in [3.05, 3.63) is 28.8 Å². The van der Waals surface area contributed by atoms with Gasteiger partial charge in [-0.25, -0.2) is 4.39 Å². The normalized spacial score (nSPS) is 12.9. The van der Waals surface area contributed by atoms with Gasteiger partial charge in [-0.05, 0) is 37.1 Å². The topological polar surface area (TPSA) is 43.4 Å². The van der Waals surface area contributed by atoms with Crippen molar-refractivity contribution >= 4 is 12.1 Å². The van der Waals surface area contributed by atoms with Crippen LogP contribution in [0, 0.1) is 13.8 Å². The van der Waals surface area contributed by atoms with Crippen molar-refractivity contribution in [2.24, 2.45) is 0 Å². The third-order valence-corrected chi connectivity index (χ3v) is 2.76. The van der Waals surface area contributed by atoms with Crippen LogP contribution in [0.3, 0.4) is 0 Å². The van der Waals surface area contributed by atoms with Gasteiger partial charge < -0.3 is 4.74 Å². The fourth-order valence-electron chi connectivity index (χ4n) is 1.64. The molecular weight excluding hydrogens is 261 g/mol. The molecule has 0 aromatic heterocycles. The molecule has 0 aliphatic rings. The maximum absolute atomic E-state index is 13.4. The minimum atomic E-state index is -4.37. The summed E-state index contributed by atoms with van der Waals surface area (Å²) in [6.07, 6.45) is -3.73. The maximum Gasteiger partial charge on any atom is 0.346 e. The molecule has 3 nitrogen and oxygen atoms in total. The minimum Gasteiger partial charge on any atom is -0.496 e. The van der Waals surface area contributed by atoms with Crippen molar-refractivity contribution in [1.29, 1.82) is 0 Å². The van der Waals surface area contributed by atoms with Crippen LogP contribution < -0.4 is 4.74 Å². The molecule has 0 radical (unpaired) electrons. The molecule has 0 bridgehead atoms. The zero-order valence-electron chi connectivity index (χ0n) is 10.7. The monoisotopic (exact) mass is 274 g/mol. The molecule has 0 amide bonds. The Morgan fingerprint density at radius 1 is 1.32 bits per heavy atom. The fourth-order valence-corrected chi connectivity index (χ4v) is 1.64. The van der Waals surface area contributed by atoms with E-state index in [9.17, 15) is 22.8 Å². The number of halogens is 3. The molecule has 0 spiro atoms. The first kappa shape index (κ1) is 15.2. The van der Waals surface area contributed by atoms with Gasteiger partial charge in [0.25, 0.3) is 0 Å². The molecule has 0 saturated carbocycles. The van der Waals surface area contributed by atoms with Crippen molar-refractivity contribution in [2.45, 2.75) is 25.9 Å². The van der Waals surface area contributed by atoms with Gasteiger partial charge in [-0.2, -0.15) is 8.78 Å². The van der Waals surface area contributed by atoms with Crippen LogP contribution in [-0.4, -0.2) is 31.3 Å². The number of ketones is 1. The number of hydrogen-bond acceptors (Lipinski definition) is 3. The molecule has 0 aliphatic heterocycles.